The lowest BCUT2D eigenvalue weighted by molar-refractivity contribution is 0.526. The average molecular weight is 290 g/mol. The van der Waals surface area contributed by atoms with E-state index in [1.54, 1.807) is 53.8 Å². The van der Waals surface area contributed by atoms with Crippen molar-refractivity contribution in [2.24, 2.45) is 0 Å². The Morgan fingerprint density at radius 3 is 1.56 bits per heavy atom. The lowest BCUT2D eigenvalue weighted by Crippen LogP contribution is -1.64. The molecule has 0 atom stereocenters. The van der Waals surface area contributed by atoms with Crippen LogP contribution in [-0.2, 0) is 0 Å². The third-order valence-corrected chi connectivity index (χ3v) is 8.17. The SMILES string of the molecule is Cc1occc1SSSSc1ccoc1C. The predicted molar refractivity (Wildman–Crippen MR) is 73.8 cm³/mol. The highest BCUT2D eigenvalue weighted by Gasteiger charge is 2.05. The molecule has 0 bridgehead atoms. The maximum Gasteiger partial charge on any atom is 0.115 e. The topological polar surface area (TPSA) is 26.3 Å². The molecule has 2 rings (SSSR count). The van der Waals surface area contributed by atoms with Gasteiger partial charge in [0.05, 0.1) is 22.3 Å². The number of hydrogen-bond acceptors (Lipinski definition) is 6. The van der Waals surface area contributed by atoms with Crippen LogP contribution in [0.4, 0.5) is 0 Å². The highest BCUT2D eigenvalue weighted by atomic mass is 33.7. The maximum absolute atomic E-state index is 5.22. The summed E-state index contributed by atoms with van der Waals surface area (Å²) in [7, 11) is 6.89. The van der Waals surface area contributed by atoms with Crippen molar-refractivity contribution in [3.05, 3.63) is 36.2 Å². The van der Waals surface area contributed by atoms with E-state index >= 15 is 0 Å². The normalized spacial score (nSPS) is 10.9. The fourth-order valence-electron chi connectivity index (χ4n) is 1.02. The van der Waals surface area contributed by atoms with Gasteiger partial charge in [0.1, 0.15) is 11.5 Å². The van der Waals surface area contributed by atoms with E-state index < -0.39 is 0 Å². The van der Waals surface area contributed by atoms with Crippen LogP contribution in [0.25, 0.3) is 0 Å². The number of hydrogen-bond donors (Lipinski definition) is 0. The highest BCUT2D eigenvalue weighted by molar-refractivity contribution is 9.26. The van der Waals surface area contributed by atoms with Gasteiger partial charge in [0.2, 0.25) is 0 Å². The maximum atomic E-state index is 5.22. The van der Waals surface area contributed by atoms with E-state index in [4.69, 9.17) is 8.83 Å². The molecule has 6 heteroatoms. The van der Waals surface area contributed by atoms with Crippen molar-refractivity contribution in [1.29, 1.82) is 0 Å². The molecule has 2 heterocycles. The van der Waals surface area contributed by atoms with Gasteiger partial charge in [0.15, 0.2) is 0 Å². The third-order valence-electron chi connectivity index (χ3n) is 1.90. The largest absolute Gasteiger partial charge is 0.468 e. The molecule has 0 aliphatic heterocycles. The summed E-state index contributed by atoms with van der Waals surface area (Å²) in [5.74, 6) is 1.95. The predicted octanol–water partition coefficient (Wildman–Crippen LogP) is 5.59. The van der Waals surface area contributed by atoms with Gasteiger partial charge in [-0.3, -0.25) is 0 Å². The van der Waals surface area contributed by atoms with Crippen molar-refractivity contribution in [2.45, 2.75) is 23.6 Å². The van der Waals surface area contributed by atoms with Crippen LogP contribution in [0.2, 0.25) is 0 Å². The van der Waals surface area contributed by atoms with Crippen LogP contribution < -0.4 is 0 Å². The minimum Gasteiger partial charge on any atom is -0.468 e. The van der Waals surface area contributed by atoms with Gasteiger partial charge < -0.3 is 8.83 Å². The molecule has 0 N–H and O–H groups in total. The van der Waals surface area contributed by atoms with E-state index in [1.165, 1.54) is 9.79 Å². The van der Waals surface area contributed by atoms with Gasteiger partial charge in [-0.2, -0.15) is 0 Å². The van der Waals surface area contributed by atoms with Crippen molar-refractivity contribution < 1.29 is 8.83 Å². The molecule has 86 valence electrons. The van der Waals surface area contributed by atoms with E-state index in [2.05, 4.69) is 0 Å². The minimum absolute atomic E-state index is 0.975. The fraction of sp³-hybridized carbons (Fsp3) is 0.200. The highest BCUT2D eigenvalue weighted by Crippen LogP contribution is 2.50. The van der Waals surface area contributed by atoms with E-state index in [1.807, 2.05) is 26.0 Å². The molecule has 0 spiro atoms. The Morgan fingerprint density at radius 1 is 0.812 bits per heavy atom. The number of aryl methyl sites for hydroxylation is 2. The average Bonchev–Trinajstić information content (AvgIpc) is 2.84. The standard InChI is InChI=1S/C10H10O2S4/c1-7-9(3-5-11-7)13-15-16-14-10-4-6-12-8(10)2/h3-6H,1-2H3. The smallest absolute Gasteiger partial charge is 0.115 e. The summed E-state index contributed by atoms with van der Waals surface area (Å²) in [6.45, 7) is 3.95. The van der Waals surface area contributed by atoms with Gasteiger partial charge in [-0.05, 0) is 67.2 Å². The first kappa shape index (κ1) is 12.4. The van der Waals surface area contributed by atoms with Gasteiger partial charge >= 0.3 is 0 Å². The summed E-state index contributed by atoms with van der Waals surface area (Å²) in [6, 6.07) is 3.97. The Labute approximate surface area is 109 Å². The molecule has 0 unspecified atom stereocenters. The summed E-state index contributed by atoms with van der Waals surface area (Å²) in [5.41, 5.74) is 0. The minimum atomic E-state index is 0.975. The molecular formula is C10H10O2S4. The summed E-state index contributed by atoms with van der Waals surface area (Å²) in [6.07, 6.45) is 3.44. The fourth-order valence-corrected chi connectivity index (χ4v) is 6.74. The molecule has 0 saturated carbocycles. The van der Waals surface area contributed by atoms with Crippen LogP contribution in [0.5, 0.6) is 0 Å². The monoisotopic (exact) mass is 290 g/mol. The van der Waals surface area contributed by atoms with Gasteiger partial charge in [-0.25, -0.2) is 0 Å². The molecular weight excluding hydrogens is 280 g/mol. The van der Waals surface area contributed by atoms with Crippen LogP contribution in [0.15, 0.2) is 43.3 Å². The van der Waals surface area contributed by atoms with Crippen molar-refractivity contribution in [3.8, 4) is 0 Å². The van der Waals surface area contributed by atoms with Gasteiger partial charge in [-0.15, -0.1) is 0 Å². The number of rotatable bonds is 5. The molecule has 0 aromatic carbocycles. The lowest BCUT2D eigenvalue weighted by atomic mass is 10.5. The van der Waals surface area contributed by atoms with Crippen molar-refractivity contribution in [1.82, 2.24) is 0 Å². The van der Waals surface area contributed by atoms with E-state index in [9.17, 15) is 0 Å². The van der Waals surface area contributed by atoms with Crippen molar-refractivity contribution in [2.75, 3.05) is 0 Å². The first-order valence-corrected chi connectivity index (χ1v) is 9.35. The molecule has 0 fully saturated rings. The molecule has 0 radical (unpaired) electrons. The first-order valence-electron chi connectivity index (χ1n) is 4.53. The molecule has 16 heavy (non-hydrogen) atoms. The Morgan fingerprint density at radius 2 is 1.25 bits per heavy atom. The second-order valence-corrected chi connectivity index (χ2v) is 8.74. The first-order chi connectivity index (χ1) is 7.77. The van der Waals surface area contributed by atoms with Crippen molar-refractivity contribution in [3.63, 3.8) is 0 Å². The van der Waals surface area contributed by atoms with Crippen molar-refractivity contribution >= 4 is 41.2 Å². The summed E-state index contributed by atoms with van der Waals surface area (Å²) >= 11 is 0. The second kappa shape index (κ2) is 6.05. The Hall–Kier alpha value is -0.0400. The van der Waals surface area contributed by atoms with Crippen LogP contribution in [0.1, 0.15) is 11.5 Å². The quantitative estimate of drug-likeness (QED) is 0.526. The van der Waals surface area contributed by atoms with E-state index in [0.29, 0.717) is 0 Å². The molecule has 2 nitrogen and oxygen atoms in total. The van der Waals surface area contributed by atoms with Crippen LogP contribution in [0.3, 0.4) is 0 Å². The summed E-state index contributed by atoms with van der Waals surface area (Å²) in [4.78, 5) is 2.36. The third kappa shape index (κ3) is 3.23. The van der Waals surface area contributed by atoms with Crippen LogP contribution >= 0.6 is 41.2 Å². The van der Waals surface area contributed by atoms with E-state index in [-0.39, 0.29) is 0 Å². The Bertz CT molecular complexity index is 407. The summed E-state index contributed by atoms with van der Waals surface area (Å²) < 4.78 is 10.4. The van der Waals surface area contributed by atoms with Gasteiger partial charge in [0.25, 0.3) is 0 Å². The zero-order valence-electron chi connectivity index (χ0n) is 8.76. The number of furan rings is 2. The Kier molecular flexibility index (Phi) is 4.69. The molecule has 2 aromatic heterocycles. The summed E-state index contributed by atoms with van der Waals surface area (Å²) in [5, 5.41) is 0. The zero-order chi connectivity index (χ0) is 11.4. The van der Waals surface area contributed by atoms with Gasteiger partial charge in [0, 0.05) is 0 Å². The molecule has 0 amide bonds. The zero-order valence-corrected chi connectivity index (χ0v) is 12.0. The van der Waals surface area contributed by atoms with Gasteiger partial charge in [-0.1, -0.05) is 0 Å². The lowest BCUT2D eigenvalue weighted by Gasteiger charge is -1.97. The van der Waals surface area contributed by atoms with E-state index in [0.717, 1.165) is 11.5 Å². The Balaban J connectivity index is 1.74. The van der Waals surface area contributed by atoms with Crippen LogP contribution in [-0.4, -0.2) is 0 Å². The molecule has 0 aliphatic rings. The molecule has 0 saturated heterocycles. The van der Waals surface area contributed by atoms with Crippen LogP contribution in [0, 0.1) is 13.8 Å². The molecule has 0 aliphatic carbocycles. The molecule has 2 aromatic rings. The second-order valence-electron chi connectivity index (χ2n) is 2.98.